The van der Waals surface area contributed by atoms with Crippen molar-refractivity contribution in [2.24, 2.45) is 5.92 Å². The quantitative estimate of drug-likeness (QED) is 0.418. The van der Waals surface area contributed by atoms with Crippen LogP contribution in [0.5, 0.6) is 0 Å². The molecule has 0 radical (unpaired) electrons. The van der Waals surface area contributed by atoms with Crippen molar-refractivity contribution >= 4 is 11.7 Å². The van der Waals surface area contributed by atoms with Crippen molar-refractivity contribution in [2.45, 2.75) is 19.4 Å². The average molecular weight is 493 g/mol. The number of hydrogen-bond donors (Lipinski definition) is 1. The Balaban J connectivity index is 1.24. The lowest BCUT2D eigenvalue weighted by Crippen LogP contribution is -2.41. The minimum absolute atomic E-state index is 0.000357. The summed E-state index contributed by atoms with van der Waals surface area (Å²) in [5.74, 6) is -0.958. The van der Waals surface area contributed by atoms with Gasteiger partial charge in [-0.05, 0) is 43.2 Å². The molecule has 0 atom stereocenters. The topological polar surface area (TPSA) is 84.2 Å². The Labute approximate surface area is 205 Å². The molecule has 1 saturated heterocycles. The molecular formula is C26H22F3N5O2. The van der Waals surface area contributed by atoms with Gasteiger partial charge < -0.3 is 14.7 Å². The fourth-order valence-electron chi connectivity index (χ4n) is 4.24. The van der Waals surface area contributed by atoms with Crippen LogP contribution in [-0.2, 0) is 11.3 Å². The van der Waals surface area contributed by atoms with Crippen LogP contribution in [0.2, 0.25) is 0 Å². The molecule has 3 heterocycles. The highest BCUT2D eigenvalue weighted by Gasteiger charge is 2.28. The molecule has 5 rings (SSSR count). The molecule has 0 aliphatic carbocycles. The van der Waals surface area contributed by atoms with E-state index in [1.165, 1.54) is 18.2 Å². The fourth-order valence-corrected chi connectivity index (χ4v) is 4.24. The van der Waals surface area contributed by atoms with Crippen LogP contribution in [0.25, 0.3) is 22.8 Å². The van der Waals surface area contributed by atoms with Crippen LogP contribution in [0, 0.1) is 23.4 Å². The molecule has 36 heavy (non-hydrogen) atoms. The molecule has 1 aliphatic heterocycles. The normalized spacial score (nSPS) is 14.1. The lowest BCUT2D eigenvalue weighted by atomic mass is 9.95. The highest BCUT2D eigenvalue weighted by molar-refractivity contribution is 5.79. The third-order valence-corrected chi connectivity index (χ3v) is 6.16. The molecular weight excluding hydrogens is 471 g/mol. The van der Waals surface area contributed by atoms with Crippen LogP contribution < -0.4 is 10.2 Å². The van der Waals surface area contributed by atoms with Crippen molar-refractivity contribution in [3.8, 4) is 22.8 Å². The highest BCUT2D eigenvalue weighted by atomic mass is 19.1. The van der Waals surface area contributed by atoms with Crippen LogP contribution in [0.4, 0.5) is 19.0 Å². The van der Waals surface area contributed by atoms with E-state index < -0.39 is 17.5 Å². The largest absolute Gasteiger partial charge is 0.356 e. The molecule has 0 spiro atoms. The van der Waals surface area contributed by atoms with E-state index in [0.29, 0.717) is 42.9 Å². The van der Waals surface area contributed by atoms with E-state index in [1.54, 1.807) is 24.4 Å². The predicted molar refractivity (Wildman–Crippen MR) is 126 cm³/mol. The monoisotopic (exact) mass is 493 g/mol. The molecule has 4 aromatic rings. The van der Waals surface area contributed by atoms with Crippen molar-refractivity contribution in [3.05, 3.63) is 83.8 Å². The van der Waals surface area contributed by atoms with Crippen LogP contribution >= 0.6 is 0 Å². The first-order chi connectivity index (χ1) is 17.5. The summed E-state index contributed by atoms with van der Waals surface area (Å²) in [5.41, 5.74) is 1.38. The summed E-state index contributed by atoms with van der Waals surface area (Å²) in [7, 11) is 0. The Morgan fingerprint density at radius 3 is 2.61 bits per heavy atom. The SMILES string of the molecule is O=C(NCc1ccc(F)cc1F)C1CCN(c2ncccc2-c2nc(-c3cccc(F)c3)no2)CC1. The number of benzene rings is 2. The molecule has 2 aromatic heterocycles. The molecule has 7 nitrogen and oxygen atoms in total. The van der Waals surface area contributed by atoms with E-state index >= 15 is 0 Å². The van der Waals surface area contributed by atoms with E-state index in [2.05, 4.69) is 20.4 Å². The number of pyridine rings is 1. The van der Waals surface area contributed by atoms with Crippen LogP contribution in [0.15, 0.2) is 65.3 Å². The Hall–Kier alpha value is -4.21. The summed E-state index contributed by atoms with van der Waals surface area (Å²) in [5, 5.41) is 6.73. The van der Waals surface area contributed by atoms with E-state index in [0.717, 1.165) is 12.1 Å². The summed E-state index contributed by atoms with van der Waals surface area (Å²) < 4.78 is 46.0. The van der Waals surface area contributed by atoms with Crippen molar-refractivity contribution < 1.29 is 22.5 Å². The third-order valence-electron chi connectivity index (χ3n) is 6.16. The molecule has 1 fully saturated rings. The second-order valence-corrected chi connectivity index (χ2v) is 8.52. The first-order valence-corrected chi connectivity index (χ1v) is 11.5. The van der Waals surface area contributed by atoms with Gasteiger partial charge in [0.05, 0.1) is 5.56 Å². The fraction of sp³-hybridized carbons (Fsp3) is 0.231. The molecule has 1 N–H and O–H groups in total. The highest BCUT2D eigenvalue weighted by Crippen LogP contribution is 2.32. The first kappa shape index (κ1) is 23.5. The number of hydrogen-bond acceptors (Lipinski definition) is 6. The number of amides is 1. The number of rotatable bonds is 6. The summed E-state index contributed by atoms with van der Waals surface area (Å²) in [6.07, 6.45) is 2.82. The number of nitrogens with one attached hydrogen (secondary N) is 1. The third kappa shape index (κ3) is 5.07. The van der Waals surface area contributed by atoms with Crippen molar-refractivity contribution in [1.29, 1.82) is 0 Å². The van der Waals surface area contributed by atoms with Gasteiger partial charge in [0.15, 0.2) is 0 Å². The van der Waals surface area contributed by atoms with Gasteiger partial charge in [-0.1, -0.05) is 23.4 Å². The number of anilines is 1. The van der Waals surface area contributed by atoms with Crippen LogP contribution in [0.3, 0.4) is 0 Å². The Bertz CT molecular complexity index is 1390. The van der Waals surface area contributed by atoms with Gasteiger partial charge in [0, 0.05) is 48.9 Å². The Morgan fingerprint density at radius 2 is 1.83 bits per heavy atom. The molecule has 184 valence electrons. The zero-order chi connectivity index (χ0) is 25.1. The van der Waals surface area contributed by atoms with Crippen LogP contribution in [-0.4, -0.2) is 34.1 Å². The van der Waals surface area contributed by atoms with Gasteiger partial charge in [-0.15, -0.1) is 0 Å². The van der Waals surface area contributed by atoms with Gasteiger partial charge in [0.2, 0.25) is 11.7 Å². The zero-order valence-electron chi connectivity index (χ0n) is 19.1. The van der Waals surface area contributed by atoms with E-state index in [4.69, 9.17) is 4.52 Å². The summed E-state index contributed by atoms with van der Waals surface area (Å²) in [6, 6.07) is 12.8. The van der Waals surface area contributed by atoms with Gasteiger partial charge in [-0.25, -0.2) is 18.2 Å². The molecule has 10 heteroatoms. The maximum Gasteiger partial charge on any atom is 0.261 e. The molecule has 1 aliphatic rings. The lowest BCUT2D eigenvalue weighted by molar-refractivity contribution is -0.125. The lowest BCUT2D eigenvalue weighted by Gasteiger charge is -2.32. The Kier molecular flexibility index (Phi) is 6.66. The standard InChI is InChI=1S/C26H22F3N5O2/c27-19-4-1-3-17(13-19)23-32-26(36-33-23)21-5-2-10-30-24(21)34-11-8-16(9-12-34)25(35)31-15-18-6-7-20(28)14-22(18)29/h1-7,10,13-14,16H,8-9,11-12,15H2,(H,31,35). The molecule has 0 saturated carbocycles. The summed E-state index contributed by atoms with van der Waals surface area (Å²) in [6.45, 7) is 1.14. The molecule has 0 unspecified atom stereocenters. The molecule has 0 bridgehead atoms. The van der Waals surface area contributed by atoms with E-state index in [-0.39, 0.29) is 35.6 Å². The smallest absolute Gasteiger partial charge is 0.261 e. The number of carbonyl (C=O) groups is 1. The van der Waals surface area contributed by atoms with Crippen molar-refractivity contribution in [2.75, 3.05) is 18.0 Å². The predicted octanol–water partition coefficient (Wildman–Crippen LogP) is 4.75. The number of nitrogens with zero attached hydrogens (tertiary/aromatic N) is 4. The van der Waals surface area contributed by atoms with E-state index in [1.807, 2.05) is 11.0 Å². The maximum absolute atomic E-state index is 13.8. The van der Waals surface area contributed by atoms with Crippen molar-refractivity contribution in [1.82, 2.24) is 20.4 Å². The zero-order valence-corrected chi connectivity index (χ0v) is 19.1. The Morgan fingerprint density at radius 1 is 1.03 bits per heavy atom. The minimum atomic E-state index is -0.686. The number of carbonyl (C=O) groups excluding carboxylic acids is 1. The van der Waals surface area contributed by atoms with E-state index in [9.17, 15) is 18.0 Å². The maximum atomic E-state index is 13.8. The first-order valence-electron chi connectivity index (χ1n) is 11.5. The second kappa shape index (κ2) is 10.2. The summed E-state index contributed by atoms with van der Waals surface area (Å²) >= 11 is 0. The van der Waals surface area contributed by atoms with Gasteiger partial charge >= 0.3 is 0 Å². The van der Waals surface area contributed by atoms with Crippen molar-refractivity contribution in [3.63, 3.8) is 0 Å². The number of aromatic nitrogens is 3. The van der Waals surface area contributed by atoms with Gasteiger partial charge in [-0.2, -0.15) is 4.98 Å². The minimum Gasteiger partial charge on any atom is -0.356 e. The average Bonchev–Trinajstić information content (AvgIpc) is 3.38. The van der Waals surface area contributed by atoms with Gasteiger partial charge in [0.25, 0.3) is 5.89 Å². The summed E-state index contributed by atoms with van der Waals surface area (Å²) in [4.78, 5) is 23.6. The second-order valence-electron chi connectivity index (χ2n) is 8.52. The van der Waals surface area contributed by atoms with Gasteiger partial charge in [-0.3, -0.25) is 4.79 Å². The number of piperidine rings is 1. The molecule has 2 aromatic carbocycles. The number of halogens is 3. The van der Waals surface area contributed by atoms with Gasteiger partial charge in [0.1, 0.15) is 23.3 Å². The molecule has 1 amide bonds. The van der Waals surface area contributed by atoms with Crippen LogP contribution in [0.1, 0.15) is 18.4 Å².